The van der Waals surface area contributed by atoms with E-state index in [0.717, 1.165) is 10.6 Å². The van der Waals surface area contributed by atoms with Crippen LogP contribution in [0.5, 0.6) is 0 Å². The Bertz CT molecular complexity index is 325. The molecule has 1 rings (SSSR count). The first-order chi connectivity index (χ1) is 6.11. The van der Waals surface area contributed by atoms with Crippen molar-refractivity contribution in [3.8, 4) is 0 Å². The van der Waals surface area contributed by atoms with E-state index in [1.54, 1.807) is 22.9 Å². The van der Waals surface area contributed by atoms with Crippen molar-refractivity contribution >= 4 is 23.2 Å². The molecular formula is C10H13NOS. The highest BCUT2D eigenvalue weighted by Gasteiger charge is 2.02. The standard InChI is InChI=1S/C10H13NOS/c1-7(2)9(12)4-5-10-8(3)11-6-13-10/h4-7H,1-3H3. The summed E-state index contributed by atoms with van der Waals surface area (Å²) in [5.41, 5.74) is 2.77. The van der Waals surface area contributed by atoms with Crippen LogP contribution in [-0.2, 0) is 4.79 Å². The number of nitrogens with zero attached hydrogens (tertiary/aromatic N) is 1. The number of rotatable bonds is 3. The summed E-state index contributed by atoms with van der Waals surface area (Å²) >= 11 is 1.55. The highest BCUT2D eigenvalue weighted by Crippen LogP contribution is 2.14. The van der Waals surface area contributed by atoms with Crippen molar-refractivity contribution in [2.24, 2.45) is 5.92 Å². The van der Waals surface area contributed by atoms with Gasteiger partial charge in [0.25, 0.3) is 0 Å². The lowest BCUT2D eigenvalue weighted by molar-refractivity contribution is -0.117. The van der Waals surface area contributed by atoms with Crippen molar-refractivity contribution < 1.29 is 4.79 Å². The predicted octanol–water partition coefficient (Wildman–Crippen LogP) is 2.69. The zero-order valence-electron chi connectivity index (χ0n) is 8.07. The molecule has 0 atom stereocenters. The summed E-state index contributed by atoms with van der Waals surface area (Å²) in [7, 11) is 0. The van der Waals surface area contributed by atoms with Gasteiger partial charge in [0.1, 0.15) is 0 Å². The molecule has 0 spiro atoms. The summed E-state index contributed by atoms with van der Waals surface area (Å²) in [4.78, 5) is 16.4. The Kier molecular flexibility index (Phi) is 3.37. The van der Waals surface area contributed by atoms with E-state index in [1.165, 1.54) is 0 Å². The Morgan fingerprint density at radius 1 is 1.62 bits per heavy atom. The predicted molar refractivity (Wildman–Crippen MR) is 55.7 cm³/mol. The largest absolute Gasteiger partial charge is 0.295 e. The Labute approximate surface area is 82.3 Å². The molecular weight excluding hydrogens is 182 g/mol. The summed E-state index contributed by atoms with van der Waals surface area (Å²) in [6.07, 6.45) is 3.47. The third-order valence-electron chi connectivity index (χ3n) is 1.75. The average Bonchev–Trinajstić information content (AvgIpc) is 2.47. The van der Waals surface area contributed by atoms with Gasteiger partial charge in [-0.15, -0.1) is 11.3 Å². The van der Waals surface area contributed by atoms with Gasteiger partial charge in [0, 0.05) is 10.8 Å². The molecule has 0 amide bonds. The fraction of sp³-hybridized carbons (Fsp3) is 0.400. The lowest BCUT2D eigenvalue weighted by atomic mass is 10.1. The summed E-state index contributed by atoms with van der Waals surface area (Å²) in [5.74, 6) is 0.234. The van der Waals surface area contributed by atoms with E-state index in [0.29, 0.717) is 0 Å². The summed E-state index contributed by atoms with van der Waals surface area (Å²) in [5, 5.41) is 0. The molecule has 0 fully saturated rings. The van der Waals surface area contributed by atoms with Crippen molar-refractivity contribution in [3.05, 3.63) is 22.2 Å². The molecule has 0 saturated carbocycles. The molecule has 0 N–H and O–H groups in total. The number of aryl methyl sites for hydroxylation is 1. The number of aromatic nitrogens is 1. The number of thiazole rings is 1. The maximum atomic E-state index is 11.2. The summed E-state index contributed by atoms with van der Waals surface area (Å²) in [6, 6.07) is 0. The molecule has 0 bridgehead atoms. The molecule has 0 aliphatic heterocycles. The maximum Gasteiger partial charge on any atom is 0.158 e. The second-order valence-electron chi connectivity index (χ2n) is 3.19. The first-order valence-corrected chi connectivity index (χ1v) is 5.11. The zero-order chi connectivity index (χ0) is 9.84. The quantitative estimate of drug-likeness (QED) is 0.694. The first kappa shape index (κ1) is 10.1. The molecule has 0 aromatic carbocycles. The van der Waals surface area contributed by atoms with Gasteiger partial charge in [-0.25, -0.2) is 4.98 Å². The fourth-order valence-corrected chi connectivity index (χ4v) is 1.52. The molecule has 3 heteroatoms. The van der Waals surface area contributed by atoms with Crippen LogP contribution in [0.2, 0.25) is 0 Å². The SMILES string of the molecule is Cc1ncsc1C=CC(=O)C(C)C. The fourth-order valence-electron chi connectivity index (χ4n) is 0.821. The minimum absolute atomic E-state index is 0.0736. The first-order valence-electron chi connectivity index (χ1n) is 4.23. The highest BCUT2D eigenvalue weighted by atomic mass is 32.1. The van der Waals surface area contributed by atoms with Crippen LogP contribution in [0.4, 0.5) is 0 Å². The molecule has 0 unspecified atom stereocenters. The van der Waals surface area contributed by atoms with Crippen LogP contribution in [0.15, 0.2) is 11.6 Å². The highest BCUT2D eigenvalue weighted by molar-refractivity contribution is 7.10. The number of ketones is 1. The molecule has 1 aromatic rings. The molecule has 0 radical (unpaired) electrons. The van der Waals surface area contributed by atoms with Crippen molar-refractivity contribution in [1.82, 2.24) is 4.98 Å². The minimum atomic E-state index is 0.0736. The van der Waals surface area contributed by atoms with Crippen LogP contribution in [0.25, 0.3) is 6.08 Å². The van der Waals surface area contributed by atoms with E-state index in [-0.39, 0.29) is 11.7 Å². The van der Waals surface area contributed by atoms with Crippen molar-refractivity contribution in [3.63, 3.8) is 0 Å². The topological polar surface area (TPSA) is 30.0 Å². The molecule has 0 aliphatic rings. The molecule has 1 aromatic heterocycles. The van der Waals surface area contributed by atoms with E-state index < -0.39 is 0 Å². The van der Waals surface area contributed by atoms with E-state index in [9.17, 15) is 4.79 Å². The van der Waals surface area contributed by atoms with Crippen molar-refractivity contribution in [2.75, 3.05) is 0 Å². The van der Waals surface area contributed by atoms with E-state index >= 15 is 0 Å². The van der Waals surface area contributed by atoms with Crippen LogP contribution >= 0.6 is 11.3 Å². The lowest BCUT2D eigenvalue weighted by Crippen LogP contribution is -2.01. The number of carbonyl (C=O) groups excluding carboxylic acids is 1. The van der Waals surface area contributed by atoms with Gasteiger partial charge in [0.05, 0.1) is 11.2 Å². The Morgan fingerprint density at radius 2 is 2.31 bits per heavy atom. The molecule has 1 heterocycles. The van der Waals surface area contributed by atoms with Crippen LogP contribution in [0.3, 0.4) is 0 Å². The van der Waals surface area contributed by atoms with E-state index in [1.807, 2.05) is 26.8 Å². The van der Waals surface area contributed by atoms with Gasteiger partial charge in [0.15, 0.2) is 5.78 Å². The number of hydrogen-bond acceptors (Lipinski definition) is 3. The van der Waals surface area contributed by atoms with Gasteiger partial charge in [-0.2, -0.15) is 0 Å². The molecule has 70 valence electrons. The van der Waals surface area contributed by atoms with Gasteiger partial charge >= 0.3 is 0 Å². The molecule has 13 heavy (non-hydrogen) atoms. The number of allylic oxidation sites excluding steroid dienone is 1. The van der Waals surface area contributed by atoms with Crippen LogP contribution in [-0.4, -0.2) is 10.8 Å². The van der Waals surface area contributed by atoms with Gasteiger partial charge in [-0.1, -0.05) is 13.8 Å². The third kappa shape index (κ3) is 2.77. The third-order valence-corrected chi connectivity index (χ3v) is 2.65. The molecule has 0 aliphatic carbocycles. The van der Waals surface area contributed by atoms with Gasteiger partial charge in [-0.3, -0.25) is 4.79 Å². The normalized spacial score (nSPS) is 11.4. The Balaban J connectivity index is 2.69. The van der Waals surface area contributed by atoms with Gasteiger partial charge < -0.3 is 0 Å². The van der Waals surface area contributed by atoms with Crippen LogP contribution in [0, 0.1) is 12.8 Å². The summed E-state index contributed by atoms with van der Waals surface area (Å²) in [6.45, 7) is 5.73. The minimum Gasteiger partial charge on any atom is -0.295 e. The number of carbonyl (C=O) groups is 1. The van der Waals surface area contributed by atoms with E-state index in [4.69, 9.17) is 0 Å². The molecule has 2 nitrogen and oxygen atoms in total. The smallest absolute Gasteiger partial charge is 0.158 e. The van der Waals surface area contributed by atoms with E-state index in [2.05, 4.69) is 4.98 Å². The van der Waals surface area contributed by atoms with Crippen LogP contribution in [0.1, 0.15) is 24.4 Å². The Hall–Kier alpha value is -0.960. The van der Waals surface area contributed by atoms with Gasteiger partial charge in [-0.05, 0) is 19.1 Å². The average molecular weight is 195 g/mol. The second-order valence-corrected chi connectivity index (χ2v) is 4.08. The number of hydrogen-bond donors (Lipinski definition) is 0. The van der Waals surface area contributed by atoms with Crippen LogP contribution < -0.4 is 0 Å². The Morgan fingerprint density at radius 3 is 2.77 bits per heavy atom. The van der Waals surface area contributed by atoms with Crippen molar-refractivity contribution in [1.29, 1.82) is 0 Å². The zero-order valence-corrected chi connectivity index (χ0v) is 8.89. The summed E-state index contributed by atoms with van der Waals surface area (Å²) < 4.78 is 0. The van der Waals surface area contributed by atoms with Gasteiger partial charge in [0.2, 0.25) is 0 Å². The van der Waals surface area contributed by atoms with Crippen molar-refractivity contribution in [2.45, 2.75) is 20.8 Å². The monoisotopic (exact) mass is 195 g/mol. The lowest BCUT2D eigenvalue weighted by Gasteiger charge is -1.95. The second kappa shape index (κ2) is 4.33. The maximum absolute atomic E-state index is 11.2. The molecule has 0 saturated heterocycles.